The maximum Gasteiger partial charge on any atom is 0.224 e. The molecule has 3 rings (SSSR count). The van der Waals surface area contributed by atoms with E-state index in [4.69, 9.17) is 0 Å². The lowest BCUT2D eigenvalue weighted by atomic mass is 10.1. The van der Waals surface area contributed by atoms with Crippen molar-refractivity contribution < 1.29 is 4.79 Å². The minimum atomic E-state index is 0.0893. The second-order valence-electron chi connectivity index (χ2n) is 6.19. The highest BCUT2D eigenvalue weighted by Crippen LogP contribution is 2.24. The van der Waals surface area contributed by atoms with Crippen LogP contribution in [0.5, 0.6) is 0 Å². The molecule has 1 aliphatic carbocycles. The lowest BCUT2D eigenvalue weighted by molar-refractivity contribution is -0.120. The van der Waals surface area contributed by atoms with Crippen molar-refractivity contribution in [2.45, 2.75) is 32.2 Å². The van der Waals surface area contributed by atoms with E-state index in [1.165, 1.54) is 12.8 Å². The monoisotopic (exact) mass is 329 g/mol. The van der Waals surface area contributed by atoms with Crippen molar-refractivity contribution in [2.75, 3.05) is 20.1 Å². The zero-order chi connectivity index (χ0) is 16.2. The van der Waals surface area contributed by atoms with E-state index in [9.17, 15) is 4.79 Å². The van der Waals surface area contributed by atoms with Gasteiger partial charge in [0.25, 0.3) is 0 Å². The van der Waals surface area contributed by atoms with Gasteiger partial charge >= 0.3 is 0 Å². The molecular weight excluding hydrogens is 306 g/mol. The fourth-order valence-corrected chi connectivity index (χ4v) is 3.23. The Hall–Kier alpha value is -1.72. The molecule has 0 spiro atoms. The highest BCUT2D eigenvalue weighted by atomic mass is 32.1. The van der Waals surface area contributed by atoms with Gasteiger partial charge in [-0.1, -0.05) is 24.3 Å². The van der Waals surface area contributed by atoms with Crippen molar-refractivity contribution in [3.63, 3.8) is 0 Å². The first-order chi connectivity index (χ1) is 11.1. The van der Waals surface area contributed by atoms with E-state index in [-0.39, 0.29) is 5.91 Å². The van der Waals surface area contributed by atoms with Crippen molar-refractivity contribution in [3.8, 4) is 11.3 Å². The highest BCUT2D eigenvalue weighted by Gasteiger charge is 2.25. The van der Waals surface area contributed by atoms with Crippen LogP contribution in [0.25, 0.3) is 11.3 Å². The Labute approximate surface area is 141 Å². The molecule has 0 unspecified atom stereocenters. The average Bonchev–Trinajstić information content (AvgIpc) is 3.30. The van der Waals surface area contributed by atoms with Crippen molar-refractivity contribution in [1.82, 2.24) is 15.2 Å². The molecule has 0 bridgehead atoms. The first-order valence-corrected chi connectivity index (χ1v) is 8.98. The predicted octanol–water partition coefficient (Wildman–Crippen LogP) is 2.87. The fraction of sp³-hybridized carbons (Fsp3) is 0.444. The first kappa shape index (κ1) is 16.1. The van der Waals surface area contributed by atoms with Crippen LogP contribution in [0.15, 0.2) is 29.6 Å². The van der Waals surface area contributed by atoms with E-state index in [0.717, 1.165) is 41.0 Å². The Morgan fingerprint density at radius 2 is 2.09 bits per heavy atom. The van der Waals surface area contributed by atoms with Gasteiger partial charge in [-0.25, -0.2) is 4.98 Å². The predicted molar refractivity (Wildman–Crippen MR) is 94.7 cm³/mol. The summed E-state index contributed by atoms with van der Waals surface area (Å²) < 4.78 is 0. The standard InChI is InChI=1S/C18H23N3OS/c1-13-20-17(12-23-13)15-5-3-14(4-6-15)11-18(22)19-9-10-21(2)16-7-8-16/h3-6,12,16H,7-11H2,1-2H3,(H,19,22). The molecule has 5 heteroatoms. The topological polar surface area (TPSA) is 45.2 Å². The van der Waals surface area contributed by atoms with Crippen LogP contribution in [0.4, 0.5) is 0 Å². The Balaban J connectivity index is 1.46. The van der Waals surface area contributed by atoms with E-state index in [0.29, 0.717) is 6.42 Å². The third-order valence-corrected chi connectivity index (χ3v) is 4.96. The van der Waals surface area contributed by atoms with Gasteiger partial charge in [0.2, 0.25) is 5.91 Å². The van der Waals surface area contributed by atoms with Crippen LogP contribution in [0.3, 0.4) is 0 Å². The summed E-state index contributed by atoms with van der Waals surface area (Å²) in [6, 6.07) is 8.85. The molecule has 1 saturated carbocycles. The van der Waals surface area contributed by atoms with Gasteiger partial charge in [-0.3, -0.25) is 4.79 Å². The summed E-state index contributed by atoms with van der Waals surface area (Å²) in [6.07, 6.45) is 3.04. The summed E-state index contributed by atoms with van der Waals surface area (Å²) in [5.41, 5.74) is 3.14. The number of nitrogens with one attached hydrogen (secondary N) is 1. The van der Waals surface area contributed by atoms with Crippen LogP contribution in [-0.4, -0.2) is 42.0 Å². The summed E-state index contributed by atoms with van der Waals surface area (Å²) in [6.45, 7) is 3.66. The molecule has 1 aromatic carbocycles. The third kappa shape index (κ3) is 4.62. The van der Waals surface area contributed by atoms with Gasteiger partial charge in [0, 0.05) is 30.1 Å². The van der Waals surface area contributed by atoms with Crippen LogP contribution >= 0.6 is 11.3 Å². The van der Waals surface area contributed by atoms with E-state index >= 15 is 0 Å². The zero-order valence-corrected chi connectivity index (χ0v) is 14.5. The van der Waals surface area contributed by atoms with Crippen LogP contribution in [0, 0.1) is 6.92 Å². The highest BCUT2D eigenvalue weighted by molar-refractivity contribution is 7.09. The third-order valence-electron chi connectivity index (χ3n) is 4.19. The summed E-state index contributed by atoms with van der Waals surface area (Å²) in [4.78, 5) is 18.8. The minimum Gasteiger partial charge on any atom is -0.355 e. The zero-order valence-electron chi connectivity index (χ0n) is 13.7. The van der Waals surface area contributed by atoms with E-state index in [1.807, 2.05) is 31.2 Å². The number of likely N-dealkylation sites (N-methyl/N-ethyl adjacent to an activating group) is 1. The van der Waals surface area contributed by atoms with Crippen LogP contribution in [-0.2, 0) is 11.2 Å². The van der Waals surface area contributed by atoms with Gasteiger partial charge in [-0.15, -0.1) is 11.3 Å². The Morgan fingerprint density at radius 3 is 2.70 bits per heavy atom. The Morgan fingerprint density at radius 1 is 1.35 bits per heavy atom. The number of thiazole rings is 1. The number of carbonyl (C=O) groups is 1. The van der Waals surface area contributed by atoms with Gasteiger partial charge in [0.05, 0.1) is 17.1 Å². The molecule has 0 saturated heterocycles. The Bertz CT molecular complexity index is 661. The number of aromatic nitrogens is 1. The van der Waals surface area contributed by atoms with Crippen molar-refractivity contribution in [2.24, 2.45) is 0 Å². The van der Waals surface area contributed by atoms with Crippen LogP contribution < -0.4 is 5.32 Å². The van der Waals surface area contributed by atoms with Crippen molar-refractivity contribution >= 4 is 17.2 Å². The Kier molecular flexibility index (Phi) is 5.08. The molecule has 23 heavy (non-hydrogen) atoms. The maximum atomic E-state index is 12.0. The summed E-state index contributed by atoms with van der Waals surface area (Å²) in [5.74, 6) is 0.0893. The molecule has 0 atom stereocenters. The lowest BCUT2D eigenvalue weighted by Crippen LogP contribution is -2.34. The second kappa shape index (κ2) is 7.23. The quantitative estimate of drug-likeness (QED) is 0.849. The summed E-state index contributed by atoms with van der Waals surface area (Å²) in [7, 11) is 2.13. The largest absolute Gasteiger partial charge is 0.355 e. The number of carbonyl (C=O) groups excluding carboxylic acids is 1. The molecule has 1 heterocycles. The number of benzene rings is 1. The normalized spacial score (nSPS) is 14.2. The molecule has 4 nitrogen and oxygen atoms in total. The van der Waals surface area contributed by atoms with Crippen LogP contribution in [0.1, 0.15) is 23.4 Å². The molecular formula is C18H23N3OS. The summed E-state index contributed by atoms with van der Waals surface area (Å²) >= 11 is 1.65. The number of hydrogen-bond donors (Lipinski definition) is 1. The summed E-state index contributed by atoms with van der Waals surface area (Å²) in [5, 5.41) is 6.14. The molecule has 1 aromatic heterocycles. The molecule has 1 amide bonds. The molecule has 1 N–H and O–H groups in total. The fourth-order valence-electron chi connectivity index (χ4n) is 2.61. The minimum absolute atomic E-state index is 0.0893. The van der Waals surface area contributed by atoms with Gasteiger partial charge in [0.15, 0.2) is 0 Å². The molecule has 0 radical (unpaired) electrons. The van der Waals surface area contributed by atoms with Gasteiger partial charge in [-0.2, -0.15) is 0 Å². The van der Waals surface area contributed by atoms with Crippen molar-refractivity contribution in [3.05, 3.63) is 40.2 Å². The van der Waals surface area contributed by atoms with Crippen molar-refractivity contribution in [1.29, 1.82) is 0 Å². The smallest absolute Gasteiger partial charge is 0.224 e. The van der Waals surface area contributed by atoms with E-state index in [1.54, 1.807) is 11.3 Å². The average molecular weight is 329 g/mol. The number of hydrogen-bond acceptors (Lipinski definition) is 4. The molecule has 1 fully saturated rings. The van der Waals surface area contributed by atoms with Gasteiger partial charge < -0.3 is 10.2 Å². The van der Waals surface area contributed by atoms with E-state index < -0.39 is 0 Å². The van der Waals surface area contributed by atoms with Gasteiger partial charge in [0.1, 0.15) is 0 Å². The van der Waals surface area contributed by atoms with Crippen LogP contribution in [0.2, 0.25) is 0 Å². The number of aryl methyl sites for hydroxylation is 1. The van der Waals surface area contributed by atoms with Gasteiger partial charge in [-0.05, 0) is 32.4 Å². The molecule has 2 aromatic rings. The SMILES string of the molecule is Cc1nc(-c2ccc(CC(=O)NCCN(C)C3CC3)cc2)cs1. The molecule has 0 aliphatic heterocycles. The number of amides is 1. The van der Waals surface area contributed by atoms with E-state index in [2.05, 4.69) is 27.6 Å². The number of rotatable bonds is 7. The number of nitrogens with zero attached hydrogens (tertiary/aromatic N) is 2. The molecule has 1 aliphatic rings. The first-order valence-electron chi connectivity index (χ1n) is 8.10. The lowest BCUT2D eigenvalue weighted by Gasteiger charge is -2.15. The maximum absolute atomic E-state index is 12.0. The molecule has 122 valence electrons. The second-order valence-corrected chi connectivity index (χ2v) is 7.25.